The van der Waals surface area contributed by atoms with Crippen molar-refractivity contribution >= 4 is 45.2 Å². The van der Waals surface area contributed by atoms with Crippen LogP contribution in [0.2, 0.25) is 0 Å². The van der Waals surface area contributed by atoms with Crippen LogP contribution in [-0.2, 0) is 20.9 Å². The third kappa shape index (κ3) is 3.29. The number of nitrogens with zero attached hydrogens (tertiary/aromatic N) is 1. The van der Waals surface area contributed by atoms with Gasteiger partial charge in [-0.05, 0) is 48.2 Å². The van der Waals surface area contributed by atoms with E-state index in [-0.39, 0.29) is 11.8 Å². The smallest absolute Gasteiger partial charge is 0.248 e. The van der Waals surface area contributed by atoms with Gasteiger partial charge in [0.1, 0.15) is 10.9 Å². The van der Waals surface area contributed by atoms with Crippen molar-refractivity contribution in [3.63, 3.8) is 0 Å². The predicted molar refractivity (Wildman–Crippen MR) is 113 cm³/mol. The number of aryl methyl sites for hydroxylation is 1. The summed E-state index contributed by atoms with van der Waals surface area (Å²) in [7, 11) is 0. The van der Waals surface area contributed by atoms with Crippen LogP contribution in [0.15, 0.2) is 53.0 Å². The van der Waals surface area contributed by atoms with Crippen molar-refractivity contribution in [2.75, 3.05) is 11.1 Å². The van der Waals surface area contributed by atoms with E-state index in [9.17, 15) is 9.59 Å². The Kier molecular flexibility index (Phi) is 5.03. The Hall–Kier alpha value is -1.79. The van der Waals surface area contributed by atoms with E-state index in [1.54, 1.807) is 11.8 Å². The maximum atomic E-state index is 13.0. The van der Waals surface area contributed by atoms with E-state index in [0.717, 1.165) is 28.6 Å². The molecule has 2 aromatic rings. The molecule has 2 amide bonds. The van der Waals surface area contributed by atoms with Crippen molar-refractivity contribution < 1.29 is 9.59 Å². The van der Waals surface area contributed by atoms with Gasteiger partial charge in [-0.1, -0.05) is 47.1 Å². The van der Waals surface area contributed by atoms with E-state index in [4.69, 9.17) is 0 Å². The van der Waals surface area contributed by atoms with Crippen LogP contribution in [0.25, 0.3) is 0 Å². The predicted octanol–water partition coefficient (Wildman–Crippen LogP) is 4.54. The van der Waals surface area contributed by atoms with Gasteiger partial charge in [-0.3, -0.25) is 9.59 Å². The molecular weight excluding hydrogens is 424 g/mol. The molecule has 4 nitrogen and oxygen atoms in total. The van der Waals surface area contributed by atoms with E-state index in [0.29, 0.717) is 12.2 Å². The SMILES string of the molecule is CCc1cccc(NC(=O)[C@H]2CS[C@@]3(c4ccc(Br)cc4)CCC(=O)N23)c1. The molecule has 0 spiro atoms. The van der Waals surface area contributed by atoms with Gasteiger partial charge in [0.15, 0.2) is 0 Å². The lowest BCUT2D eigenvalue weighted by atomic mass is 10.0. The maximum Gasteiger partial charge on any atom is 0.248 e. The summed E-state index contributed by atoms with van der Waals surface area (Å²) in [5.74, 6) is 0.566. The van der Waals surface area contributed by atoms with E-state index in [1.165, 1.54) is 5.56 Å². The first-order valence-electron chi connectivity index (χ1n) is 9.15. The van der Waals surface area contributed by atoms with Crippen LogP contribution < -0.4 is 5.32 Å². The number of anilines is 1. The van der Waals surface area contributed by atoms with Crippen LogP contribution >= 0.6 is 27.7 Å². The zero-order valence-corrected chi connectivity index (χ0v) is 17.5. The Morgan fingerprint density at radius 1 is 1.30 bits per heavy atom. The largest absolute Gasteiger partial charge is 0.324 e. The molecule has 27 heavy (non-hydrogen) atoms. The summed E-state index contributed by atoms with van der Waals surface area (Å²) in [5.41, 5.74) is 3.05. The summed E-state index contributed by atoms with van der Waals surface area (Å²) in [4.78, 5) is 27.1. The number of carbonyl (C=O) groups excluding carboxylic acids is 2. The first-order valence-corrected chi connectivity index (χ1v) is 10.9. The fourth-order valence-corrected chi connectivity index (χ4v) is 5.86. The summed E-state index contributed by atoms with van der Waals surface area (Å²) in [6.07, 6.45) is 2.14. The van der Waals surface area contributed by atoms with Crippen LogP contribution in [0.5, 0.6) is 0 Å². The quantitative estimate of drug-likeness (QED) is 0.752. The lowest BCUT2D eigenvalue weighted by Gasteiger charge is -2.34. The van der Waals surface area contributed by atoms with Crippen LogP contribution in [0.1, 0.15) is 30.9 Å². The zero-order valence-electron chi connectivity index (χ0n) is 15.1. The number of thioether (sulfide) groups is 1. The number of amides is 2. The number of carbonyl (C=O) groups is 2. The van der Waals surface area contributed by atoms with Gasteiger partial charge in [-0.25, -0.2) is 0 Å². The molecule has 6 heteroatoms. The molecule has 2 aromatic carbocycles. The molecule has 2 fully saturated rings. The molecule has 0 bridgehead atoms. The topological polar surface area (TPSA) is 49.4 Å². The van der Waals surface area contributed by atoms with Gasteiger partial charge in [0.2, 0.25) is 11.8 Å². The second-order valence-corrected chi connectivity index (χ2v) is 9.14. The molecule has 0 aliphatic carbocycles. The number of nitrogens with one attached hydrogen (secondary N) is 1. The fraction of sp³-hybridized carbons (Fsp3) is 0.333. The van der Waals surface area contributed by atoms with Crippen LogP contribution in [-0.4, -0.2) is 28.5 Å². The van der Waals surface area contributed by atoms with Gasteiger partial charge in [0.25, 0.3) is 0 Å². The summed E-state index contributed by atoms with van der Waals surface area (Å²) in [6, 6.07) is 15.5. The number of halogens is 1. The molecule has 1 N–H and O–H groups in total. The molecule has 0 unspecified atom stereocenters. The number of hydrogen-bond acceptors (Lipinski definition) is 3. The minimum absolute atomic E-state index is 0.0605. The molecule has 4 rings (SSSR count). The Bertz CT molecular complexity index is 886. The molecule has 140 valence electrons. The Morgan fingerprint density at radius 2 is 2.07 bits per heavy atom. The van der Waals surface area contributed by atoms with Crippen molar-refractivity contribution in [1.82, 2.24) is 4.90 Å². The van der Waals surface area contributed by atoms with Crippen molar-refractivity contribution in [3.05, 3.63) is 64.1 Å². The highest BCUT2D eigenvalue weighted by molar-refractivity contribution is 9.10. The second kappa shape index (κ2) is 7.32. The highest BCUT2D eigenvalue weighted by atomic mass is 79.9. The molecule has 2 aliphatic heterocycles. The number of benzene rings is 2. The summed E-state index contributed by atoms with van der Waals surface area (Å²) in [6.45, 7) is 2.09. The van der Waals surface area contributed by atoms with Crippen molar-refractivity contribution in [3.8, 4) is 0 Å². The molecule has 2 atom stereocenters. The summed E-state index contributed by atoms with van der Waals surface area (Å²) < 4.78 is 1.01. The normalized spacial score (nSPS) is 24.1. The van der Waals surface area contributed by atoms with Gasteiger partial charge in [-0.2, -0.15) is 0 Å². The molecular formula is C21H21BrN2O2S. The molecule has 2 aliphatic rings. The standard InChI is InChI=1S/C21H21BrN2O2S/c1-2-14-4-3-5-17(12-14)23-20(26)18-13-27-21(11-10-19(25)24(18)21)15-6-8-16(22)9-7-15/h3-9,12,18H,2,10-11,13H2,1H3,(H,23,26)/t18-,21-/m1/s1. The van der Waals surface area contributed by atoms with Crippen LogP contribution in [0.3, 0.4) is 0 Å². The zero-order chi connectivity index (χ0) is 19.0. The van der Waals surface area contributed by atoms with E-state index < -0.39 is 10.9 Å². The minimum atomic E-state index is -0.445. The fourth-order valence-electron chi connectivity index (χ4n) is 3.94. The average molecular weight is 445 g/mol. The Balaban J connectivity index is 1.60. The van der Waals surface area contributed by atoms with Gasteiger partial charge in [0.05, 0.1) is 0 Å². The third-order valence-corrected chi connectivity index (χ3v) is 7.45. The van der Waals surface area contributed by atoms with E-state index in [2.05, 4.69) is 28.2 Å². The second-order valence-electron chi connectivity index (χ2n) is 6.92. The van der Waals surface area contributed by atoms with Gasteiger partial charge in [0, 0.05) is 22.3 Å². The van der Waals surface area contributed by atoms with Crippen molar-refractivity contribution in [2.45, 2.75) is 37.1 Å². The third-order valence-electron chi connectivity index (χ3n) is 5.33. The van der Waals surface area contributed by atoms with Crippen LogP contribution in [0, 0.1) is 0 Å². The molecule has 2 heterocycles. The highest BCUT2D eigenvalue weighted by Crippen LogP contribution is 2.54. The van der Waals surface area contributed by atoms with E-state index >= 15 is 0 Å². The summed E-state index contributed by atoms with van der Waals surface area (Å²) >= 11 is 5.18. The first-order chi connectivity index (χ1) is 13.0. The number of fused-ring (bicyclic) bond motifs is 1. The Morgan fingerprint density at radius 3 is 2.81 bits per heavy atom. The highest BCUT2D eigenvalue weighted by Gasteiger charge is 2.56. The minimum Gasteiger partial charge on any atom is -0.324 e. The Labute approximate surface area is 171 Å². The molecule has 0 radical (unpaired) electrons. The summed E-state index contributed by atoms with van der Waals surface area (Å²) in [5, 5.41) is 3.02. The monoisotopic (exact) mass is 444 g/mol. The van der Waals surface area contributed by atoms with Crippen molar-refractivity contribution in [2.24, 2.45) is 0 Å². The van der Waals surface area contributed by atoms with Gasteiger partial charge in [-0.15, -0.1) is 11.8 Å². The molecule has 0 aromatic heterocycles. The lowest BCUT2D eigenvalue weighted by Crippen LogP contribution is -2.48. The molecule has 0 saturated carbocycles. The first kappa shape index (κ1) is 18.6. The van der Waals surface area contributed by atoms with E-state index in [1.807, 2.05) is 53.4 Å². The number of rotatable bonds is 4. The number of hydrogen-bond donors (Lipinski definition) is 1. The van der Waals surface area contributed by atoms with Crippen LogP contribution in [0.4, 0.5) is 5.69 Å². The molecule has 2 saturated heterocycles. The average Bonchev–Trinajstić information content (AvgIpc) is 3.22. The van der Waals surface area contributed by atoms with Crippen molar-refractivity contribution in [1.29, 1.82) is 0 Å². The maximum absolute atomic E-state index is 13.0. The van der Waals surface area contributed by atoms with Gasteiger partial charge < -0.3 is 10.2 Å². The van der Waals surface area contributed by atoms with Gasteiger partial charge >= 0.3 is 0 Å². The lowest BCUT2D eigenvalue weighted by molar-refractivity contribution is -0.136.